The van der Waals surface area contributed by atoms with Gasteiger partial charge in [-0.1, -0.05) is 11.6 Å². The van der Waals surface area contributed by atoms with Gasteiger partial charge in [0.25, 0.3) is 5.91 Å². The van der Waals surface area contributed by atoms with Gasteiger partial charge in [-0.05, 0) is 38.1 Å². The molecule has 0 radical (unpaired) electrons. The highest BCUT2D eigenvalue weighted by Gasteiger charge is 2.11. The first-order chi connectivity index (χ1) is 8.97. The molecule has 0 fully saturated rings. The summed E-state index contributed by atoms with van der Waals surface area (Å²) in [6.07, 6.45) is 0. The molecular weight excluding hydrogens is 264 g/mol. The van der Waals surface area contributed by atoms with Gasteiger partial charge in [-0.3, -0.25) is 4.79 Å². The highest BCUT2D eigenvalue weighted by Crippen LogP contribution is 2.23. The smallest absolute Gasteiger partial charge is 0.257 e. The minimum atomic E-state index is -0.253. The standard InChI is InChI=1S/C13H13ClN4O/c1-7-5-10(8(2)18-17-7)13(19)16-9-3-4-12(15)11(14)6-9/h3-6H,15H2,1-2H3,(H,16,19). The van der Waals surface area contributed by atoms with Crippen LogP contribution in [0, 0.1) is 13.8 Å². The van der Waals surface area contributed by atoms with E-state index in [1.54, 1.807) is 38.1 Å². The van der Waals surface area contributed by atoms with Crippen LogP contribution in [0.25, 0.3) is 0 Å². The molecule has 0 saturated carbocycles. The molecule has 6 heteroatoms. The van der Waals surface area contributed by atoms with Crippen molar-refractivity contribution >= 4 is 28.9 Å². The van der Waals surface area contributed by atoms with Crippen LogP contribution in [0.2, 0.25) is 5.02 Å². The van der Waals surface area contributed by atoms with E-state index in [2.05, 4.69) is 15.5 Å². The minimum absolute atomic E-state index is 0.253. The molecule has 0 aliphatic heterocycles. The highest BCUT2D eigenvalue weighted by atomic mass is 35.5. The molecule has 0 unspecified atom stereocenters. The molecule has 0 aliphatic carbocycles. The summed E-state index contributed by atoms with van der Waals surface area (Å²) in [5.41, 5.74) is 8.41. The summed E-state index contributed by atoms with van der Waals surface area (Å²) >= 11 is 5.90. The third-order valence-corrected chi connectivity index (χ3v) is 2.93. The van der Waals surface area contributed by atoms with E-state index in [-0.39, 0.29) is 5.91 Å². The number of hydrogen-bond donors (Lipinski definition) is 2. The van der Waals surface area contributed by atoms with Gasteiger partial charge in [0, 0.05) is 5.69 Å². The Bertz CT molecular complexity index is 643. The van der Waals surface area contributed by atoms with Crippen molar-refractivity contribution in [3.63, 3.8) is 0 Å². The number of anilines is 2. The first-order valence-electron chi connectivity index (χ1n) is 5.64. The summed E-state index contributed by atoms with van der Waals surface area (Å²) in [6.45, 7) is 3.51. The zero-order valence-electron chi connectivity index (χ0n) is 10.6. The number of carbonyl (C=O) groups is 1. The summed E-state index contributed by atoms with van der Waals surface area (Å²) in [7, 11) is 0. The third kappa shape index (κ3) is 3.00. The monoisotopic (exact) mass is 276 g/mol. The average molecular weight is 277 g/mol. The topological polar surface area (TPSA) is 80.9 Å². The molecule has 0 spiro atoms. The fourth-order valence-electron chi connectivity index (χ4n) is 1.58. The van der Waals surface area contributed by atoms with E-state index in [0.717, 1.165) is 0 Å². The number of nitrogens with one attached hydrogen (secondary N) is 1. The maximum Gasteiger partial charge on any atom is 0.257 e. The van der Waals surface area contributed by atoms with Crippen molar-refractivity contribution in [2.24, 2.45) is 0 Å². The number of aromatic nitrogens is 2. The normalized spacial score (nSPS) is 10.3. The van der Waals surface area contributed by atoms with Crippen molar-refractivity contribution in [2.75, 3.05) is 11.1 Å². The Labute approximate surface area is 115 Å². The largest absolute Gasteiger partial charge is 0.398 e. The lowest BCUT2D eigenvalue weighted by Gasteiger charge is -2.08. The number of halogens is 1. The molecule has 1 aromatic heterocycles. The molecule has 19 heavy (non-hydrogen) atoms. The molecule has 98 valence electrons. The van der Waals surface area contributed by atoms with Crippen molar-refractivity contribution in [2.45, 2.75) is 13.8 Å². The second-order valence-electron chi connectivity index (χ2n) is 4.18. The Balaban J connectivity index is 2.25. The van der Waals surface area contributed by atoms with Crippen molar-refractivity contribution < 1.29 is 4.79 Å². The minimum Gasteiger partial charge on any atom is -0.398 e. The lowest BCUT2D eigenvalue weighted by Crippen LogP contribution is -2.15. The average Bonchev–Trinajstić information content (AvgIpc) is 2.36. The van der Waals surface area contributed by atoms with Crippen LogP contribution in [0.3, 0.4) is 0 Å². The van der Waals surface area contributed by atoms with Gasteiger partial charge in [0.15, 0.2) is 0 Å². The predicted molar refractivity (Wildman–Crippen MR) is 75.3 cm³/mol. The van der Waals surface area contributed by atoms with E-state index in [4.69, 9.17) is 17.3 Å². The Morgan fingerprint density at radius 1 is 1.26 bits per heavy atom. The van der Waals surface area contributed by atoms with Gasteiger partial charge in [0.05, 0.1) is 27.7 Å². The number of hydrogen-bond acceptors (Lipinski definition) is 4. The molecule has 5 nitrogen and oxygen atoms in total. The van der Waals surface area contributed by atoms with Gasteiger partial charge in [-0.25, -0.2) is 0 Å². The quantitative estimate of drug-likeness (QED) is 0.826. The van der Waals surface area contributed by atoms with Gasteiger partial charge in [0.2, 0.25) is 0 Å². The zero-order chi connectivity index (χ0) is 14.0. The maximum absolute atomic E-state index is 12.1. The first-order valence-corrected chi connectivity index (χ1v) is 6.02. The SMILES string of the molecule is Cc1cc(C(=O)Nc2ccc(N)c(Cl)c2)c(C)nn1. The van der Waals surface area contributed by atoms with E-state index >= 15 is 0 Å². The van der Waals surface area contributed by atoms with Crippen LogP contribution in [-0.4, -0.2) is 16.1 Å². The Kier molecular flexibility index (Phi) is 3.66. The van der Waals surface area contributed by atoms with E-state index in [1.165, 1.54) is 0 Å². The first kappa shape index (κ1) is 13.3. The van der Waals surface area contributed by atoms with Crippen LogP contribution in [0.1, 0.15) is 21.7 Å². The lowest BCUT2D eigenvalue weighted by atomic mass is 10.2. The Morgan fingerprint density at radius 2 is 2.00 bits per heavy atom. The number of carbonyl (C=O) groups excluding carboxylic acids is 1. The molecule has 0 aliphatic rings. The molecule has 0 atom stereocenters. The van der Waals surface area contributed by atoms with Crippen LogP contribution >= 0.6 is 11.6 Å². The van der Waals surface area contributed by atoms with Crippen molar-refractivity contribution in [1.29, 1.82) is 0 Å². The molecular formula is C13H13ClN4O. The van der Waals surface area contributed by atoms with Gasteiger partial charge < -0.3 is 11.1 Å². The number of amides is 1. The molecule has 0 saturated heterocycles. The summed E-state index contributed by atoms with van der Waals surface area (Å²) in [4.78, 5) is 12.1. The zero-order valence-corrected chi connectivity index (χ0v) is 11.3. The van der Waals surface area contributed by atoms with Crippen molar-refractivity contribution in [1.82, 2.24) is 10.2 Å². The van der Waals surface area contributed by atoms with E-state index in [1.807, 2.05) is 0 Å². The Hall–Kier alpha value is -2.14. The van der Waals surface area contributed by atoms with Crippen LogP contribution in [0.5, 0.6) is 0 Å². The number of aryl methyl sites for hydroxylation is 2. The molecule has 1 aromatic carbocycles. The number of nitrogens with two attached hydrogens (primary N) is 1. The number of nitrogen functional groups attached to an aromatic ring is 1. The highest BCUT2D eigenvalue weighted by molar-refractivity contribution is 6.33. The van der Waals surface area contributed by atoms with Crippen LogP contribution in [0.15, 0.2) is 24.3 Å². The maximum atomic E-state index is 12.1. The molecule has 3 N–H and O–H groups in total. The molecule has 2 rings (SSSR count). The van der Waals surface area contributed by atoms with Crippen LogP contribution in [0.4, 0.5) is 11.4 Å². The lowest BCUT2D eigenvalue weighted by molar-refractivity contribution is 0.102. The Morgan fingerprint density at radius 3 is 2.68 bits per heavy atom. The third-order valence-electron chi connectivity index (χ3n) is 2.60. The predicted octanol–water partition coefficient (Wildman–Crippen LogP) is 2.58. The van der Waals surface area contributed by atoms with E-state index < -0.39 is 0 Å². The fraction of sp³-hybridized carbons (Fsp3) is 0.154. The molecule has 2 aromatic rings. The number of nitrogens with zero attached hydrogens (tertiary/aromatic N) is 2. The molecule has 1 heterocycles. The number of benzene rings is 1. The summed E-state index contributed by atoms with van der Waals surface area (Å²) in [6, 6.07) is 6.62. The van der Waals surface area contributed by atoms with E-state index in [9.17, 15) is 4.79 Å². The summed E-state index contributed by atoms with van der Waals surface area (Å²) in [5, 5.41) is 11.0. The van der Waals surface area contributed by atoms with Crippen LogP contribution < -0.4 is 11.1 Å². The van der Waals surface area contributed by atoms with Gasteiger partial charge >= 0.3 is 0 Å². The number of rotatable bonds is 2. The second-order valence-corrected chi connectivity index (χ2v) is 4.58. The summed E-state index contributed by atoms with van der Waals surface area (Å²) in [5.74, 6) is -0.253. The summed E-state index contributed by atoms with van der Waals surface area (Å²) < 4.78 is 0. The van der Waals surface area contributed by atoms with Gasteiger partial charge in [0.1, 0.15) is 0 Å². The molecule has 1 amide bonds. The second kappa shape index (κ2) is 5.24. The van der Waals surface area contributed by atoms with Gasteiger partial charge in [-0.15, -0.1) is 0 Å². The van der Waals surface area contributed by atoms with Crippen LogP contribution in [-0.2, 0) is 0 Å². The fourth-order valence-corrected chi connectivity index (χ4v) is 1.76. The van der Waals surface area contributed by atoms with Crippen molar-refractivity contribution in [3.8, 4) is 0 Å². The van der Waals surface area contributed by atoms with Crippen molar-refractivity contribution in [3.05, 3.63) is 46.2 Å². The van der Waals surface area contributed by atoms with Gasteiger partial charge in [-0.2, -0.15) is 10.2 Å². The van der Waals surface area contributed by atoms with E-state index in [0.29, 0.717) is 33.3 Å². The molecule has 0 bridgehead atoms.